The van der Waals surface area contributed by atoms with Gasteiger partial charge < -0.3 is 14.5 Å². The van der Waals surface area contributed by atoms with Crippen molar-refractivity contribution in [2.24, 2.45) is 4.99 Å². The second kappa shape index (κ2) is 24.5. The number of para-hydroxylation sites is 2. The summed E-state index contributed by atoms with van der Waals surface area (Å²) in [5, 5.41) is 30.4. The normalized spacial score (nSPS) is 13.5. The number of aromatic nitrogens is 6. The molecule has 0 bridgehead atoms. The summed E-state index contributed by atoms with van der Waals surface area (Å²) in [6.45, 7) is 0. The average Bonchev–Trinajstić information content (AvgIpc) is 1.53. The van der Waals surface area contributed by atoms with Gasteiger partial charge in [0, 0.05) is 121 Å². The van der Waals surface area contributed by atoms with E-state index in [1.165, 1.54) is 120 Å². The van der Waals surface area contributed by atoms with Crippen molar-refractivity contribution in [1.29, 1.82) is 0 Å². The predicted octanol–water partition coefficient (Wildman–Crippen LogP) is 30.4. The van der Waals surface area contributed by atoms with Crippen LogP contribution in [0.5, 0.6) is 0 Å². The summed E-state index contributed by atoms with van der Waals surface area (Å²) < 4.78 is 18.4. The number of fused-ring (bicyclic) bond motifs is 34. The molecular weight excluding hydrogens is 1540 g/mol. The van der Waals surface area contributed by atoms with Gasteiger partial charge in [-0.25, -0.2) is 15.0 Å². The lowest BCUT2D eigenvalue weighted by Gasteiger charge is -2.27. The first-order valence-electron chi connectivity index (χ1n) is 40.7. The molecule has 0 saturated heterocycles. The molecule has 1 aliphatic heterocycles. The molecule has 18 aromatic carbocycles. The van der Waals surface area contributed by atoms with E-state index >= 15 is 0 Å². The van der Waals surface area contributed by atoms with Gasteiger partial charge in [0.25, 0.3) is 0 Å². The van der Waals surface area contributed by atoms with Crippen molar-refractivity contribution >= 4 is 258 Å². The quantitative estimate of drug-likeness (QED) is 0.180. The number of nitrogens with one attached hydrogen (secondary N) is 1. The minimum atomic E-state index is -0.201. The van der Waals surface area contributed by atoms with Crippen molar-refractivity contribution in [3.05, 3.63) is 362 Å². The maximum absolute atomic E-state index is 6.09. The molecule has 120 heavy (non-hydrogen) atoms. The minimum absolute atomic E-state index is 0.201. The van der Waals surface area contributed by atoms with Crippen LogP contribution in [0.4, 0.5) is 5.69 Å². The Kier molecular flexibility index (Phi) is 13.4. The third kappa shape index (κ3) is 9.03. The first-order chi connectivity index (χ1) is 59.5. The van der Waals surface area contributed by atoms with Gasteiger partial charge in [-0.2, -0.15) is 0 Å². The summed E-state index contributed by atoms with van der Waals surface area (Å²) in [6.07, 6.45) is 0. The Labute approximate surface area is 699 Å². The van der Waals surface area contributed by atoms with Crippen LogP contribution in [-0.4, -0.2) is 34.2 Å². The molecule has 10 heterocycles. The molecule has 0 aliphatic carbocycles. The van der Waals surface area contributed by atoms with Crippen LogP contribution >= 0.6 is 45.3 Å². The summed E-state index contributed by atoms with van der Waals surface area (Å²) in [5.74, 6) is 1.40. The molecule has 9 aromatic heterocycles. The lowest BCUT2D eigenvalue weighted by Crippen LogP contribution is -2.36. The third-order valence-electron chi connectivity index (χ3n) is 25.8. The summed E-state index contributed by atoms with van der Waals surface area (Å²) in [4.78, 5) is 19.3. The zero-order chi connectivity index (χ0) is 77.8. The Morgan fingerprint density at radius 3 is 1.34 bits per heavy atom. The number of benzene rings is 18. The minimum Gasteiger partial charge on any atom is -0.343 e. The highest BCUT2D eigenvalue weighted by Crippen LogP contribution is 2.53. The van der Waals surface area contributed by atoms with E-state index in [0.717, 1.165) is 137 Å². The van der Waals surface area contributed by atoms with Crippen molar-refractivity contribution in [1.82, 2.24) is 33.6 Å². The van der Waals surface area contributed by atoms with E-state index in [9.17, 15) is 0 Å². The largest absolute Gasteiger partial charge is 0.343 e. The number of rotatable bonds is 6. The van der Waals surface area contributed by atoms with Crippen LogP contribution in [0.2, 0.25) is 0 Å². The van der Waals surface area contributed by atoms with Gasteiger partial charge in [0.15, 0.2) is 0 Å². The zero-order valence-corrected chi connectivity index (χ0v) is 67.1. The summed E-state index contributed by atoms with van der Waals surface area (Å²) in [7, 11) is 0. The van der Waals surface area contributed by atoms with E-state index in [2.05, 4.69) is 375 Å². The van der Waals surface area contributed by atoms with E-state index in [1.54, 1.807) is 11.3 Å². The number of hydrogen-bond donors (Lipinski definition) is 1. The molecule has 1 atom stereocenters. The van der Waals surface area contributed by atoms with Crippen LogP contribution in [-0.2, 0) is 0 Å². The summed E-state index contributed by atoms with van der Waals surface area (Å²) in [6, 6.07) is 131. The van der Waals surface area contributed by atoms with Gasteiger partial charge in [0.1, 0.15) is 0 Å². The van der Waals surface area contributed by atoms with Crippen LogP contribution in [0.3, 0.4) is 0 Å². The molecule has 1 aliphatic rings. The van der Waals surface area contributed by atoms with E-state index in [1.807, 2.05) is 34.0 Å². The molecule has 12 heteroatoms. The second-order valence-electron chi connectivity index (χ2n) is 32.0. The zero-order valence-electron chi connectivity index (χ0n) is 63.8. The van der Waals surface area contributed by atoms with Crippen molar-refractivity contribution in [2.45, 2.75) is 6.04 Å². The van der Waals surface area contributed by atoms with Crippen LogP contribution in [0.25, 0.3) is 241 Å². The van der Waals surface area contributed by atoms with Gasteiger partial charge in [-0.15, -0.1) is 45.3 Å². The van der Waals surface area contributed by atoms with E-state index < -0.39 is 0 Å². The molecule has 0 fully saturated rings. The molecule has 0 amide bonds. The molecule has 1 N–H and O–H groups in total. The van der Waals surface area contributed by atoms with Gasteiger partial charge in [0.2, 0.25) is 11.9 Å². The first kappa shape index (κ1) is 65.5. The summed E-state index contributed by atoms with van der Waals surface area (Å²) in [5.41, 5.74) is 18.2. The fraction of sp³-hybridized carbons (Fsp3) is 0.00926. The number of hydrogen-bond acceptors (Lipinski definition) is 8. The number of aliphatic imine (C=N–C) groups is 1. The van der Waals surface area contributed by atoms with Crippen molar-refractivity contribution < 1.29 is 0 Å². The first-order valence-corrected chi connectivity index (χ1v) is 44.0. The highest BCUT2D eigenvalue weighted by molar-refractivity contribution is 7.27. The smallest absolute Gasteiger partial charge is 0.235 e. The monoisotopic (exact) mass is 1600 g/mol. The highest BCUT2D eigenvalue weighted by atomic mass is 32.1. The van der Waals surface area contributed by atoms with Crippen LogP contribution < -0.4 is 5.32 Å². The predicted molar refractivity (Wildman–Crippen MR) is 513 cm³/mol. The van der Waals surface area contributed by atoms with Crippen LogP contribution in [0.1, 0.15) is 16.5 Å². The number of thiophene rings is 4. The Hall–Kier alpha value is -14.6. The fourth-order valence-corrected chi connectivity index (χ4v) is 25.3. The van der Waals surface area contributed by atoms with Crippen molar-refractivity contribution in [3.8, 4) is 39.7 Å². The van der Waals surface area contributed by atoms with Gasteiger partial charge in [-0.3, -0.25) is 9.13 Å². The van der Waals surface area contributed by atoms with Crippen LogP contribution in [0, 0.1) is 0 Å². The molecule has 28 rings (SSSR count). The molecule has 556 valence electrons. The topological polar surface area (TPSA) is 69.9 Å². The molecule has 1 unspecified atom stereocenters. The molecule has 0 saturated carbocycles. The Morgan fingerprint density at radius 2 is 0.717 bits per heavy atom. The van der Waals surface area contributed by atoms with Crippen molar-refractivity contribution in [3.63, 3.8) is 0 Å². The van der Waals surface area contributed by atoms with Gasteiger partial charge in [-0.05, 0) is 157 Å². The van der Waals surface area contributed by atoms with Crippen LogP contribution in [0.15, 0.2) is 357 Å². The molecule has 0 spiro atoms. The Morgan fingerprint density at radius 1 is 0.275 bits per heavy atom. The van der Waals surface area contributed by atoms with Gasteiger partial charge in [-0.1, -0.05) is 255 Å². The van der Waals surface area contributed by atoms with E-state index in [0.29, 0.717) is 5.95 Å². The highest BCUT2D eigenvalue weighted by Gasteiger charge is 2.34. The second-order valence-corrected chi connectivity index (χ2v) is 36.3. The summed E-state index contributed by atoms with van der Waals surface area (Å²) >= 11 is 7.34. The third-order valence-corrected chi connectivity index (χ3v) is 30.5. The van der Waals surface area contributed by atoms with E-state index in [4.69, 9.17) is 15.0 Å². The molecule has 27 aromatic rings. The fourth-order valence-electron chi connectivity index (χ4n) is 20.7. The lowest BCUT2D eigenvalue weighted by atomic mass is 9.94. The molecule has 8 nitrogen and oxygen atoms in total. The maximum Gasteiger partial charge on any atom is 0.235 e. The Bertz CT molecular complexity index is 9310. The van der Waals surface area contributed by atoms with Gasteiger partial charge in [0.05, 0.1) is 76.7 Å². The SMILES string of the molecule is c1ccc(-n2c3ccc4c(-c5ccc6sc7c(-c8ccc9sc%10ccccc%10c9c8)nc(-n8c9ccc%10ccccc%10c9c9ccc%10c%11c%12ccccc%12ccc%11n(-c%11ccccc%11)c%10c98)nc7c6c5)cccc4c3c3ccc4c5c6ccccc6ccc5n(C5=Nc6c(sc7ccccc67)C(c6ccc7c(c6)sc6ccccc67)N5)c4c32)cc1. The lowest BCUT2D eigenvalue weighted by molar-refractivity contribution is 0.748. The number of nitrogens with zero attached hydrogens (tertiary/aromatic N) is 7. The molecule has 0 radical (unpaired) electrons. The standard InChI is InChI=1S/C108H60N8S4/c1-3-23-65(24-4-1)113-83-50-39-59-20-7-10-27-68(59)93(83)77-45-46-78-94-69-28-11-8-22-61(69)41-52-86(94)116(103(78)101(77)113)108-109-97(63-43-55-90-81(57-63)73-31-14-17-36-88(73)117-90)106-100(112-108)82-56-62(42-54-91(82)120-106)67-33-19-34-75-71(67)49-53-84-96(75)80-48-47-79-95-70-29-12-9-21-60(70)40-51-85(95)115(104(79)102(80)114(84)66-25-5-2-6-26-66)107-110-98(105-99(111-107)76-32-15-18-37-89(76)119-105)64-38-44-74-72-30-13-16-35-87(72)118-92(74)58-64/h1-58,98H,(H,110,111). The molecular formula is C108H60N8S4. The maximum atomic E-state index is 6.09. The van der Waals surface area contributed by atoms with Crippen molar-refractivity contribution in [2.75, 3.05) is 0 Å². The average molecular weight is 1600 g/mol. The van der Waals surface area contributed by atoms with E-state index in [-0.39, 0.29) is 6.04 Å². The Balaban J connectivity index is 0.696. The van der Waals surface area contributed by atoms with Gasteiger partial charge >= 0.3 is 0 Å².